The van der Waals surface area contributed by atoms with Gasteiger partial charge >= 0.3 is 0 Å². The minimum atomic E-state index is -1.85. The Morgan fingerprint density at radius 3 is 2.48 bits per heavy atom. The number of hydrogen-bond acceptors (Lipinski definition) is 4. The van der Waals surface area contributed by atoms with Crippen LogP contribution in [-0.2, 0) is 18.7 Å². The third-order valence-electron chi connectivity index (χ3n) is 6.00. The van der Waals surface area contributed by atoms with Crippen LogP contribution in [0.15, 0.2) is 0 Å². The Bertz CT molecular complexity index is 499. The van der Waals surface area contributed by atoms with E-state index in [1.165, 1.54) is 0 Å². The molecule has 0 radical (unpaired) electrons. The van der Waals surface area contributed by atoms with Gasteiger partial charge in [-0.2, -0.15) is 0 Å². The van der Waals surface area contributed by atoms with E-state index in [4.69, 9.17) is 13.9 Å². The monoisotopic (exact) mass is 341 g/mol. The number of carbonyl (C=O) groups is 1. The van der Waals surface area contributed by atoms with Gasteiger partial charge in [0, 0.05) is 6.42 Å². The maximum atomic E-state index is 12.4. The highest BCUT2D eigenvalue weighted by molar-refractivity contribution is 6.74. The lowest BCUT2D eigenvalue weighted by atomic mass is 10.1. The van der Waals surface area contributed by atoms with Crippen LogP contribution in [0.25, 0.3) is 0 Å². The summed E-state index contributed by atoms with van der Waals surface area (Å²) in [5, 5.41) is 0.158. The molecular formula is C17H31NO4Si. The normalized spacial score (nSPS) is 36.5. The second kappa shape index (κ2) is 5.28. The molecule has 1 amide bonds. The van der Waals surface area contributed by atoms with Gasteiger partial charge in [-0.3, -0.25) is 4.79 Å². The minimum absolute atomic E-state index is 0.00975. The van der Waals surface area contributed by atoms with Gasteiger partial charge in [0.15, 0.2) is 14.1 Å². The van der Waals surface area contributed by atoms with Crippen molar-refractivity contribution in [3.05, 3.63) is 0 Å². The van der Waals surface area contributed by atoms with Gasteiger partial charge in [0.2, 0.25) is 5.91 Å². The molecule has 3 rings (SSSR count). The molecule has 0 bridgehead atoms. The summed E-state index contributed by atoms with van der Waals surface area (Å²) in [6.45, 7) is 15.7. The van der Waals surface area contributed by atoms with Crippen molar-refractivity contribution in [2.24, 2.45) is 0 Å². The van der Waals surface area contributed by atoms with Crippen molar-refractivity contribution in [1.82, 2.24) is 4.90 Å². The fraction of sp³-hybridized carbons (Fsp3) is 0.941. The van der Waals surface area contributed by atoms with E-state index in [0.717, 1.165) is 6.42 Å². The second-order valence-electron chi connectivity index (χ2n) is 9.11. The molecule has 0 unspecified atom stereocenters. The van der Waals surface area contributed by atoms with E-state index >= 15 is 0 Å². The second-order valence-corrected chi connectivity index (χ2v) is 13.9. The third-order valence-corrected chi connectivity index (χ3v) is 10.5. The molecule has 6 heteroatoms. The van der Waals surface area contributed by atoms with Gasteiger partial charge in [0.1, 0.15) is 12.2 Å². The maximum Gasteiger partial charge on any atom is 0.223 e. The molecule has 0 aromatic heterocycles. The summed E-state index contributed by atoms with van der Waals surface area (Å²) in [4.78, 5) is 14.3. The van der Waals surface area contributed by atoms with Crippen LogP contribution in [0.3, 0.4) is 0 Å². The van der Waals surface area contributed by atoms with Crippen LogP contribution < -0.4 is 0 Å². The van der Waals surface area contributed by atoms with Crippen molar-refractivity contribution < 1.29 is 18.7 Å². The zero-order valence-electron chi connectivity index (χ0n) is 15.5. The van der Waals surface area contributed by atoms with Gasteiger partial charge in [0.05, 0.1) is 18.7 Å². The fourth-order valence-electron chi connectivity index (χ4n) is 3.73. The molecule has 5 nitrogen and oxygen atoms in total. The summed E-state index contributed by atoms with van der Waals surface area (Å²) in [6.07, 6.45) is 1.41. The molecule has 0 aliphatic carbocycles. The highest BCUT2D eigenvalue weighted by Crippen LogP contribution is 2.45. The highest BCUT2D eigenvalue weighted by atomic mass is 28.4. The first kappa shape index (κ1) is 17.4. The SMILES string of the molecule is CC1(C)O[C@@H]2[C@H](O1)[C@H]1CCC(=O)N1[C@H]2CO[Si](C)(C)C(C)(C)C. The summed E-state index contributed by atoms with van der Waals surface area (Å²) < 4.78 is 18.7. The fourth-order valence-corrected chi connectivity index (χ4v) is 4.75. The lowest BCUT2D eigenvalue weighted by molar-refractivity contribution is -0.171. The molecule has 3 heterocycles. The van der Waals surface area contributed by atoms with Gasteiger partial charge in [0.25, 0.3) is 0 Å². The van der Waals surface area contributed by atoms with Gasteiger partial charge in [-0.05, 0) is 38.4 Å². The Morgan fingerprint density at radius 2 is 1.87 bits per heavy atom. The van der Waals surface area contributed by atoms with Crippen molar-refractivity contribution in [2.45, 2.75) is 95.7 Å². The molecule has 132 valence electrons. The standard InChI is InChI=1S/C17H31NO4Si/c1-16(2,3)23(6,7)20-10-12-15-14(21-17(4,5)22-15)11-8-9-13(19)18(11)12/h11-12,14-15H,8-10H2,1-7H3/t11-,12+,14-,15+/m1/s1. The van der Waals surface area contributed by atoms with E-state index < -0.39 is 14.1 Å². The Labute approximate surface area is 140 Å². The van der Waals surface area contributed by atoms with Crippen LogP contribution in [0.1, 0.15) is 47.5 Å². The number of fused-ring (bicyclic) bond motifs is 3. The summed E-state index contributed by atoms with van der Waals surface area (Å²) in [5.74, 6) is -0.347. The summed E-state index contributed by atoms with van der Waals surface area (Å²) in [6, 6.07) is 0.137. The number of amides is 1. The smallest absolute Gasteiger partial charge is 0.223 e. The topological polar surface area (TPSA) is 48.0 Å². The molecule has 4 atom stereocenters. The number of ether oxygens (including phenoxy) is 2. The van der Waals surface area contributed by atoms with E-state index in [9.17, 15) is 4.79 Å². The lowest BCUT2D eigenvalue weighted by Crippen LogP contribution is -2.49. The first-order valence-electron chi connectivity index (χ1n) is 8.74. The Hall–Kier alpha value is -0.433. The van der Waals surface area contributed by atoms with Crippen LogP contribution in [-0.4, -0.2) is 55.8 Å². The van der Waals surface area contributed by atoms with E-state index in [2.05, 4.69) is 33.9 Å². The zero-order valence-corrected chi connectivity index (χ0v) is 16.5. The van der Waals surface area contributed by atoms with E-state index in [1.54, 1.807) is 0 Å². The molecule has 0 N–H and O–H groups in total. The highest BCUT2D eigenvalue weighted by Gasteiger charge is 2.61. The number of nitrogens with zero attached hydrogens (tertiary/aromatic N) is 1. The molecule has 3 aliphatic heterocycles. The van der Waals surface area contributed by atoms with Crippen LogP contribution in [0.5, 0.6) is 0 Å². The van der Waals surface area contributed by atoms with Crippen molar-refractivity contribution in [2.75, 3.05) is 6.61 Å². The molecule has 0 saturated carbocycles. The number of carbonyl (C=O) groups excluding carboxylic acids is 1. The van der Waals surface area contributed by atoms with Gasteiger partial charge in [-0.25, -0.2) is 0 Å². The first-order valence-corrected chi connectivity index (χ1v) is 11.6. The predicted octanol–water partition coefficient (Wildman–Crippen LogP) is 2.90. The molecule has 3 fully saturated rings. The average molecular weight is 342 g/mol. The first-order chi connectivity index (χ1) is 10.4. The van der Waals surface area contributed by atoms with Crippen LogP contribution in [0, 0.1) is 0 Å². The zero-order chi connectivity index (χ0) is 17.2. The predicted molar refractivity (Wildman–Crippen MR) is 90.6 cm³/mol. The van der Waals surface area contributed by atoms with E-state index in [0.29, 0.717) is 13.0 Å². The van der Waals surface area contributed by atoms with Crippen LogP contribution in [0.4, 0.5) is 0 Å². The van der Waals surface area contributed by atoms with E-state index in [1.807, 2.05) is 18.7 Å². The van der Waals surface area contributed by atoms with Crippen LogP contribution in [0.2, 0.25) is 18.1 Å². The van der Waals surface area contributed by atoms with Crippen molar-refractivity contribution in [1.29, 1.82) is 0 Å². The Balaban J connectivity index is 1.78. The number of hydrogen-bond donors (Lipinski definition) is 0. The largest absolute Gasteiger partial charge is 0.415 e. The molecule has 3 aliphatic rings. The Kier molecular flexibility index (Phi) is 3.99. The van der Waals surface area contributed by atoms with Gasteiger partial charge in [-0.15, -0.1) is 0 Å². The summed E-state index contributed by atoms with van der Waals surface area (Å²) in [7, 11) is -1.85. The molecule has 0 aromatic carbocycles. The van der Waals surface area contributed by atoms with E-state index in [-0.39, 0.29) is 35.2 Å². The molecule has 0 aromatic rings. The summed E-state index contributed by atoms with van der Waals surface area (Å²) in [5.41, 5.74) is 0. The average Bonchev–Trinajstić information content (AvgIpc) is 2.97. The molecule has 0 spiro atoms. The van der Waals surface area contributed by atoms with Gasteiger partial charge in [-0.1, -0.05) is 20.8 Å². The molecule has 3 saturated heterocycles. The third kappa shape index (κ3) is 2.88. The van der Waals surface area contributed by atoms with Crippen molar-refractivity contribution in [3.8, 4) is 0 Å². The summed E-state index contributed by atoms with van der Waals surface area (Å²) >= 11 is 0. The van der Waals surface area contributed by atoms with Crippen LogP contribution >= 0.6 is 0 Å². The maximum absolute atomic E-state index is 12.4. The number of rotatable bonds is 3. The van der Waals surface area contributed by atoms with Crippen molar-refractivity contribution >= 4 is 14.2 Å². The Morgan fingerprint density at radius 1 is 1.26 bits per heavy atom. The van der Waals surface area contributed by atoms with Gasteiger partial charge < -0.3 is 18.8 Å². The van der Waals surface area contributed by atoms with Crippen molar-refractivity contribution in [3.63, 3.8) is 0 Å². The lowest BCUT2D eigenvalue weighted by Gasteiger charge is -2.38. The molecule has 23 heavy (non-hydrogen) atoms. The minimum Gasteiger partial charge on any atom is -0.415 e. The quantitative estimate of drug-likeness (QED) is 0.741. The molecular weight excluding hydrogens is 310 g/mol.